The van der Waals surface area contributed by atoms with E-state index in [2.05, 4.69) is 0 Å². The molecule has 0 aliphatic carbocycles. The number of hydrogen-bond donors (Lipinski definition) is 2. The second kappa shape index (κ2) is 5.75. The quantitative estimate of drug-likeness (QED) is 0.746. The molecule has 1 heterocycles. The summed E-state index contributed by atoms with van der Waals surface area (Å²) in [6.07, 6.45) is -0.617. The molecule has 1 rings (SSSR count). The fourth-order valence-electron chi connectivity index (χ4n) is 1.83. The highest BCUT2D eigenvalue weighted by atomic mass is 16.8. The number of carbonyl (C=O) groups is 2. The molecule has 0 saturated carbocycles. The summed E-state index contributed by atoms with van der Waals surface area (Å²) in [5.41, 5.74) is -1.85. The Labute approximate surface area is 112 Å². The molecule has 0 radical (unpaired) electrons. The van der Waals surface area contributed by atoms with Crippen molar-refractivity contribution in [1.82, 2.24) is 5.06 Å². The van der Waals surface area contributed by atoms with Crippen molar-refractivity contribution in [3.63, 3.8) is 0 Å². The Kier molecular flexibility index (Phi) is 4.75. The summed E-state index contributed by atoms with van der Waals surface area (Å²) in [4.78, 5) is 27.0. The predicted octanol–water partition coefficient (Wildman–Crippen LogP) is 1.15. The standard InChI is InChI=1S/C12H21NO6/c1-11(2,3)18-10(16)19-13-6-4-12(17,5-7-13)8-9(14)15/h17H,4-8H2,1-3H3,(H,14,15). The first-order chi connectivity index (χ1) is 8.60. The van der Waals surface area contributed by atoms with Gasteiger partial charge in [0.05, 0.1) is 12.0 Å². The fourth-order valence-corrected chi connectivity index (χ4v) is 1.83. The average Bonchev–Trinajstić information content (AvgIpc) is 2.17. The number of rotatable bonds is 3. The zero-order valence-electron chi connectivity index (χ0n) is 11.5. The SMILES string of the molecule is CC(C)(C)OC(=O)ON1CCC(O)(CC(=O)O)CC1. The number of aliphatic hydroxyl groups is 1. The topological polar surface area (TPSA) is 96.3 Å². The summed E-state index contributed by atoms with van der Waals surface area (Å²) in [6, 6.07) is 0. The van der Waals surface area contributed by atoms with Crippen molar-refractivity contribution in [3.05, 3.63) is 0 Å². The van der Waals surface area contributed by atoms with Crippen LogP contribution in [0.5, 0.6) is 0 Å². The van der Waals surface area contributed by atoms with Crippen molar-refractivity contribution in [1.29, 1.82) is 0 Å². The molecule has 0 aromatic heterocycles. The smallest absolute Gasteiger partial charge is 0.481 e. The van der Waals surface area contributed by atoms with Gasteiger partial charge in [-0.25, -0.2) is 4.79 Å². The van der Waals surface area contributed by atoms with Gasteiger partial charge in [-0.15, -0.1) is 5.06 Å². The summed E-state index contributed by atoms with van der Waals surface area (Å²) in [5.74, 6) is -1.04. The number of carboxylic acid groups (broad SMARTS) is 1. The van der Waals surface area contributed by atoms with Gasteiger partial charge in [-0.2, -0.15) is 0 Å². The second-order valence-electron chi connectivity index (χ2n) is 5.78. The monoisotopic (exact) mass is 275 g/mol. The molecule has 1 aliphatic rings. The van der Waals surface area contributed by atoms with E-state index in [0.717, 1.165) is 0 Å². The maximum absolute atomic E-state index is 11.4. The minimum absolute atomic E-state index is 0.238. The Hall–Kier alpha value is -1.34. The van der Waals surface area contributed by atoms with E-state index >= 15 is 0 Å². The first-order valence-corrected chi connectivity index (χ1v) is 6.20. The number of piperidine rings is 1. The third kappa shape index (κ3) is 5.89. The van der Waals surface area contributed by atoms with Crippen LogP contribution in [0.25, 0.3) is 0 Å². The lowest BCUT2D eigenvalue weighted by atomic mass is 9.89. The lowest BCUT2D eigenvalue weighted by molar-refractivity contribution is -0.180. The zero-order chi connectivity index (χ0) is 14.7. The van der Waals surface area contributed by atoms with Crippen LogP contribution < -0.4 is 0 Å². The normalized spacial score (nSPS) is 19.8. The molecular formula is C12H21NO6. The molecule has 0 bridgehead atoms. The molecule has 0 aromatic rings. The molecular weight excluding hydrogens is 254 g/mol. The molecule has 1 fully saturated rings. The fraction of sp³-hybridized carbons (Fsp3) is 0.833. The van der Waals surface area contributed by atoms with Crippen molar-refractivity contribution in [2.24, 2.45) is 0 Å². The second-order valence-corrected chi connectivity index (χ2v) is 5.78. The van der Waals surface area contributed by atoms with E-state index < -0.39 is 23.3 Å². The van der Waals surface area contributed by atoms with Crippen LogP contribution in [0, 0.1) is 0 Å². The Morgan fingerprint density at radius 3 is 2.21 bits per heavy atom. The molecule has 7 heteroatoms. The van der Waals surface area contributed by atoms with Crippen molar-refractivity contribution in [2.75, 3.05) is 13.1 Å². The van der Waals surface area contributed by atoms with Crippen LogP contribution in [0.15, 0.2) is 0 Å². The van der Waals surface area contributed by atoms with Crippen LogP contribution in [-0.2, 0) is 14.4 Å². The van der Waals surface area contributed by atoms with Crippen molar-refractivity contribution < 1.29 is 29.4 Å². The first kappa shape index (κ1) is 15.7. The lowest BCUT2D eigenvalue weighted by Crippen LogP contribution is -2.46. The third-order valence-electron chi connectivity index (χ3n) is 2.73. The number of nitrogens with zero attached hydrogens (tertiary/aromatic N) is 1. The van der Waals surface area contributed by atoms with E-state index in [4.69, 9.17) is 14.7 Å². The van der Waals surface area contributed by atoms with E-state index in [-0.39, 0.29) is 32.4 Å². The average molecular weight is 275 g/mol. The lowest BCUT2D eigenvalue weighted by Gasteiger charge is -2.36. The number of carbonyl (C=O) groups excluding carboxylic acids is 1. The van der Waals surface area contributed by atoms with Crippen LogP contribution in [-0.4, -0.2) is 51.7 Å². The molecule has 0 amide bonds. The van der Waals surface area contributed by atoms with E-state index in [1.807, 2.05) is 0 Å². The summed E-state index contributed by atoms with van der Waals surface area (Å²) >= 11 is 0. The van der Waals surface area contributed by atoms with Gasteiger partial charge >= 0.3 is 12.1 Å². The molecule has 0 atom stereocenters. The minimum atomic E-state index is -1.22. The number of ether oxygens (including phenoxy) is 1. The van der Waals surface area contributed by atoms with Gasteiger partial charge in [-0.3, -0.25) is 4.79 Å². The molecule has 7 nitrogen and oxygen atoms in total. The van der Waals surface area contributed by atoms with Gasteiger partial charge in [0.25, 0.3) is 0 Å². The number of carboxylic acids is 1. The predicted molar refractivity (Wildman–Crippen MR) is 65.3 cm³/mol. The maximum atomic E-state index is 11.4. The maximum Gasteiger partial charge on any atom is 0.528 e. The summed E-state index contributed by atoms with van der Waals surface area (Å²) in [6.45, 7) is 5.76. The minimum Gasteiger partial charge on any atom is -0.481 e. The Balaban J connectivity index is 2.38. The Morgan fingerprint density at radius 2 is 1.79 bits per heavy atom. The molecule has 0 aromatic carbocycles. The van der Waals surface area contributed by atoms with Gasteiger partial charge in [-0.1, -0.05) is 0 Å². The van der Waals surface area contributed by atoms with Gasteiger partial charge in [-0.05, 0) is 33.6 Å². The largest absolute Gasteiger partial charge is 0.528 e. The molecule has 110 valence electrons. The molecule has 1 aliphatic heterocycles. The highest BCUT2D eigenvalue weighted by Crippen LogP contribution is 2.26. The highest BCUT2D eigenvalue weighted by molar-refractivity contribution is 5.68. The van der Waals surface area contributed by atoms with Crippen LogP contribution >= 0.6 is 0 Å². The highest BCUT2D eigenvalue weighted by Gasteiger charge is 2.36. The molecule has 0 spiro atoms. The summed E-state index contributed by atoms with van der Waals surface area (Å²) in [5, 5.41) is 20.1. The molecule has 0 unspecified atom stereocenters. The van der Waals surface area contributed by atoms with Crippen LogP contribution in [0.4, 0.5) is 4.79 Å². The molecule has 2 N–H and O–H groups in total. The van der Waals surface area contributed by atoms with Crippen LogP contribution in [0.2, 0.25) is 0 Å². The van der Waals surface area contributed by atoms with Crippen molar-refractivity contribution in [3.8, 4) is 0 Å². The van der Waals surface area contributed by atoms with Crippen LogP contribution in [0.1, 0.15) is 40.0 Å². The van der Waals surface area contributed by atoms with E-state index in [0.29, 0.717) is 0 Å². The molecule has 19 heavy (non-hydrogen) atoms. The first-order valence-electron chi connectivity index (χ1n) is 6.20. The van der Waals surface area contributed by atoms with E-state index in [9.17, 15) is 14.7 Å². The van der Waals surface area contributed by atoms with Gasteiger partial charge < -0.3 is 19.8 Å². The summed E-state index contributed by atoms with van der Waals surface area (Å²) < 4.78 is 5.00. The van der Waals surface area contributed by atoms with Crippen molar-refractivity contribution in [2.45, 2.75) is 51.2 Å². The number of aliphatic carboxylic acids is 1. The van der Waals surface area contributed by atoms with Gasteiger partial charge in [0.2, 0.25) is 0 Å². The van der Waals surface area contributed by atoms with Crippen LogP contribution in [0.3, 0.4) is 0 Å². The third-order valence-corrected chi connectivity index (χ3v) is 2.73. The number of hydroxylamine groups is 2. The Bertz CT molecular complexity index is 341. The number of hydrogen-bond acceptors (Lipinski definition) is 6. The van der Waals surface area contributed by atoms with Gasteiger partial charge in [0, 0.05) is 13.1 Å². The van der Waals surface area contributed by atoms with E-state index in [1.54, 1.807) is 20.8 Å². The molecule has 1 saturated heterocycles. The Morgan fingerprint density at radius 1 is 1.26 bits per heavy atom. The van der Waals surface area contributed by atoms with Crippen molar-refractivity contribution >= 4 is 12.1 Å². The zero-order valence-corrected chi connectivity index (χ0v) is 11.5. The summed E-state index contributed by atoms with van der Waals surface area (Å²) in [7, 11) is 0. The van der Waals surface area contributed by atoms with Gasteiger partial charge in [0.1, 0.15) is 5.60 Å². The van der Waals surface area contributed by atoms with E-state index in [1.165, 1.54) is 5.06 Å². The van der Waals surface area contributed by atoms with Gasteiger partial charge in [0.15, 0.2) is 0 Å².